The van der Waals surface area contributed by atoms with Crippen LogP contribution in [0.4, 0.5) is 8.78 Å². The molecule has 0 heterocycles. The van der Waals surface area contributed by atoms with Gasteiger partial charge in [0.1, 0.15) is 11.6 Å². The molecule has 15 heavy (non-hydrogen) atoms. The molecule has 0 saturated heterocycles. The van der Waals surface area contributed by atoms with Gasteiger partial charge in [-0.1, -0.05) is 0 Å². The van der Waals surface area contributed by atoms with E-state index in [1.165, 1.54) is 6.92 Å². The average Bonchev–Trinajstić information content (AvgIpc) is 2.18. The van der Waals surface area contributed by atoms with E-state index in [2.05, 4.69) is 5.32 Å². The maximum Gasteiger partial charge on any atom is 0.254 e. The van der Waals surface area contributed by atoms with Gasteiger partial charge in [0, 0.05) is 6.54 Å². The molecule has 1 aromatic rings. The quantitative estimate of drug-likeness (QED) is 0.792. The first kappa shape index (κ1) is 11.6. The molecule has 1 rings (SSSR count). The van der Waals surface area contributed by atoms with Crippen molar-refractivity contribution in [2.45, 2.75) is 13.0 Å². The van der Waals surface area contributed by atoms with Gasteiger partial charge in [-0.05, 0) is 25.1 Å². The highest BCUT2D eigenvalue weighted by molar-refractivity contribution is 5.94. The van der Waals surface area contributed by atoms with Gasteiger partial charge in [0.25, 0.3) is 5.91 Å². The number of aliphatic hydroxyl groups is 1. The molecule has 0 bridgehead atoms. The Kier molecular flexibility index (Phi) is 3.74. The minimum atomic E-state index is -0.792. The van der Waals surface area contributed by atoms with Crippen LogP contribution in [-0.2, 0) is 0 Å². The molecule has 0 saturated carbocycles. The van der Waals surface area contributed by atoms with Crippen LogP contribution >= 0.6 is 0 Å². The van der Waals surface area contributed by atoms with Gasteiger partial charge >= 0.3 is 0 Å². The molecule has 0 aliphatic rings. The van der Waals surface area contributed by atoms with Gasteiger partial charge in [-0.25, -0.2) is 8.78 Å². The normalized spacial score (nSPS) is 12.3. The third-order valence-corrected chi connectivity index (χ3v) is 1.73. The fourth-order valence-electron chi connectivity index (χ4n) is 1.01. The summed E-state index contributed by atoms with van der Waals surface area (Å²) < 4.78 is 25.8. The Morgan fingerprint density at radius 2 is 2.20 bits per heavy atom. The summed E-state index contributed by atoms with van der Waals surface area (Å²) in [5.41, 5.74) is -0.365. The number of hydrogen-bond donors (Lipinski definition) is 2. The van der Waals surface area contributed by atoms with Crippen LogP contribution in [0, 0.1) is 11.6 Å². The van der Waals surface area contributed by atoms with Gasteiger partial charge in [-0.2, -0.15) is 0 Å². The van der Waals surface area contributed by atoms with Crippen LogP contribution in [-0.4, -0.2) is 23.7 Å². The van der Waals surface area contributed by atoms with Gasteiger partial charge < -0.3 is 10.4 Å². The number of halogens is 2. The van der Waals surface area contributed by atoms with Crippen LogP contribution in [0.2, 0.25) is 0 Å². The maximum atomic E-state index is 13.1. The van der Waals surface area contributed by atoms with Crippen LogP contribution < -0.4 is 5.32 Å². The second-order valence-electron chi connectivity index (χ2n) is 3.18. The summed E-state index contributed by atoms with van der Waals surface area (Å²) >= 11 is 0. The topological polar surface area (TPSA) is 49.3 Å². The number of benzene rings is 1. The Hall–Kier alpha value is -1.49. The molecule has 5 heteroatoms. The molecule has 0 aromatic heterocycles. The minimum absolute atomic E-state index is 0.00517. The summed E-state index contributed by atoms with van der Waals surface area (Å²) in [5.74, 6) is -2.22. The third-order valence-electron chi connectivity index (χ3n) is 1.73. The molecule has 1 amide bonds. The zero-order chi connectivity index (χ0) is 11.4. The van der Waals surface area contributed by atoms with E-state index in [-0.39, 0.29) is 12.1 Å². The lowest BCUT2D eigenvalue weighted by Crippen LogP contribution is -2.31. The van der Waals surface area contributed by atoms with Crippen LogP contribution in [0.25, 0.3) is 0 Å². The first-order chi connectivity index (χ1) is 7.00. The minimum Gasteiger partial charge on any atom is -0.392 e. The van der Waals surface area contributed by atoms with Crippen LogP contribution in [0.5, 0.6) is 0 Å². The molecule has 0 fully saturated rings. The van der Waals surface area contributed by atoms with Gasteiger partial charge in [0.2, 0.25) is 0 Å². The standard InChI is InChI=1S/C10H11F2NO2/c1-6(14)5-13-10(15)8-4-7(11)2-3-9(8)12/h2-4,6,14H,5H2,1H3,(H,13,15). The van der Waals surface area contributed by atoms with Crippen molar-refractivity contribution in [1.82, 2.24) is 5.32 Å². The van der Waals surface area contributed by atoms with Crippen molar-refractivity contribution in [3.63, 3.8) is 0 Å². The third kappa shape index (κ3) is 3.28. The van der Waals surface area contributed by atoms with Crippen LogP contribution in [0.1, 0.15) is 17.3 Å². The second-order valence-corrected chi connectivity index (χ2v) is 3.18. The lowest BCUT2D eigenvalue weighted by atomic mass is 10.2. The van der Waals surface area contributed by atoms with E-state index in [4.69, 9.17) is 5.11 Å². The smallest absolute Gasteiger partial charge is 0.254 e. The first-order valence-electron chi connectivity index (χ1n) is 4.42. The van der Waals surface area contributed by atoms with Gasteiger partial charge in [0.05, 0.1) is 11.7 Å². The molecule has 0 radical (unpaired) electrons. The second kappa shape index (κ2) is 4.84. The maximum absolute atomic E-state index is 13.1. The SMILES string of the molecule is CC(O)CNC(=O)c1cc(F)ccc1F. The van der Waals surface area contributed by atoms with Crippen molar-refractivity contribution < 1.29 is 18.7 Å². The Bertz CT molecular complexity index is 366. The number of amides is 1. The number of aliphatic hydroxyl groups excluding tert-OH is 1. The predicted octanol–water partition coefficient (Wildman–Crippen LogP) is 1.08. The Morgan fingerprint density at radius 1 is 1.53 bits per heavy atom. The van der Waals surface area contributed by atoms with Crippen LogP contribution in [0.15, 0.2) is 18.2 Å². The first-order valence-corrected chi connectivity index (χ1v) is 4.42. The van der Waals surface area contributed by atoms with E-state index >= 15 is 0 Å². The van der Waals surface area contributed by atoms with Crippen molar-refractivity contribution in [2.75, 3.05) is 6.54 Å². The van der Waals surface area contributed by atoms with Crippen molar-refractivity contribution >= 4 is 5.91 Å². The average molecular weight is 215 g/mol. The molecule has 0 aliphatic carbocycles. The van der Waals surface area contributed by atoms with Crippen molar-refractivity contribution in [3.8, 4) is 0 Å². The monoisotopic (exact) mass is 215 g/mol. The summed E-state index contributed by atoms with van der Waals surface area (Å²) in [6.45, 7) is 1.47. The van der Waals surface area contributed by atoms with E-state index < -0.39 is 23.6 Å². The number of nitrogens with one attached hydrogen (secondary N) is 1. The number of carbonyl (C=O) groups is 1. The van der Waals surface area contributed by atoms with E-state index in [1.54, 1.807) is 0 Å². The molecule has 2 N–H and O–H groups in total. The zero-order valence-electron chi connectivity index (χ0n) is 8.13. The van der Waals surface area contributed by atoms with Crippen molar-refractivity contribution in [1.29, 1.82) is 0 Å². The highest BCUT2D eigenvalue weighted by Crippen LogP contribution is 2.09. The van der Waals surface area contributed by atoms with E-state index in [0.717, 1.165) is 18.2 Å². The lowest BCUT2D eigenvalue weighted by molar-refractivity contribution is 0.0919. The highest BCUT2D eigenvalue weighted by Gasteiger charge is 2.12. The summed E-state index contributed by atoms with van der Waals surface area (Å²) in [7, 11) is 0. The van der Waals surface area contributed by atoms with Crippen LogP contribution in [0.3, 0.4) is 0 Å². The number of rotatable bonds is 3. The molecule has 3 nitrogen and oxygen atoms in total. The van der Waals surface area contributed by atoms with E-state index in [0.29, 0.717) is 0 Å². The molecular weight excluding hydrogens is 204 g/mol. The predicted molar refractivity (Wildman–Crippen MR) is 50.4 cm³/mol. The van der Waals surface area contributed by atoms with Crippen molar-refractivity contribution in [3.05, 3.63) is 35.4 Å². The van der Waals surface area contributed by atoms with Gasteiger partial charge in [-0.15, -0.1) is 0 Å². The number of carbonyl (C=O) groups excluding carboxylic acids is 1. The molecule has 0 spiro atoms. The van der Waals surface area contributed by atoms with Gasteiger partial charge in [0.15, 0.2) is 0 Å². The van der Waals surface area contributed by atoms with Crippen molar-refractivity contribution in [2.24, 2.45) is 0 Å². The van der Waals surface area contributed by atoms with Gasteiger partial charge in [-0.3, -0.25) is 4.79 Å². The van der Waals surface area contributed by atoms with E-state index in [9.17, 15) is 13.6 Å². The molecule has 1 unspecified atom stereocenters. The lowest BCUT2D eigenvalue weighted by Gasteiger charge is -2.07. The molecular formula is C10H11F2NO2. The zero-order valence-corrected chi connectivity index (χ0v) is 8.13. The molecule has 1 atom stereocenters. The summed E-state index contributed by atoms with van der Waals surface area (Å²) in [4.78, 5) is 11.3. The fraction of sp³-hybridized carbons (Fsp3) is 0.300. The van der Waals surface area contributed by atoms with E-state index in [1.807, 2.05) is 0 Å². The molecule has 1 aromatic carbocycles. The Morgan fingerprint density at radius 3 is 2.80 bits per heavy atom. The Balaban J connectivity index is 2.77. The largest absolute Gasteiger partial charge is 0.392 e. The Labute approximate surface area is 85.7 Å². The molecule has 82 valence electrons. The number of hydrogen-bond acceptors (Lipinski definition) is 2. The summed E-state index contributed by atoms with van der Waals surface area (Å²) in [6, 6.07) is 2.63. The fourth-order valence-corrected chi connectivity index (χ4v) is 1.01. The highest BCUT2D eigenvalue weighted by atomic mass is 19.1. The summed E-state index contributed by atoms with van der Waals surface area (Å²) in [5, 5.41) is 11.2. The summed E-state index contributed by atoms with van der Waals surface area (Å²) in [6.07, 6.45) is -0.731. The molecule has 0 aliphatic heterocycles.